The first kappa shape index (κ1) is 21.2. The standard InChI is InChI=1S/C27H26N2O4/c1-5-11-28-26(31)22-21-13-16(3)19-12-15(2)9-10-20(19)29(21)24(23(22)27(28)32)25(30)17-7-6-8-18(14-17)33-4/h5-10,12-14,21-24H,1,11H2,2-4H3/t21-,22-,23+,24+/m1/s1. The van der Waals surface area contributed by atoms with Crippen LogP contribution in [0.1, 0.15) is 28.4 Å². The van der Waals surface area contributed by atoms with E-state index in [-0.39, 0.29) is 30.2 Å². The smallest absolute Gasteiger partial charge is 0.236 e. The van der Waals surface area contributed by atoms with Crippen molar-refractivity contribution in [3.8, 4) is 5.75 Å². The number of ketones is 1. The molecule has 0 radical (unpaired) electrons. The number of carbonyl (C=O) groups excluding carboxylic acids is 3. The highest BCUT2D eigenvalue weighted by atomic mass is 16.5. The van der Waals surface area contributed by atoms with Gasteiger partial charge >= 0.3 is 0 Å². The van der Waals surface area contributed by atoms with Gasteiger partial charge in [0.1, 0.15) is 11.8 Å². The van der Waals surface area contributed by atoms with E-state index in [1.165, 1.54) is 4.90 Å². The number of allylic oxidation sites excluding steroid dienone is 1. The summed E-state index contributed by atoms with van der Waals surface area (Å²) in [5, 5.41) is 0. The Morgan fingerprint density at radius 1 is 1.09 bits per heavy atom. The van der Waals surface area contributed by atoms with Gasteiger partial charge in [0.25, 0.3) is 0 Å². The second kappa shape index (κ2) is 7.73. The predicted molar refractivity (Wildman–Crippen MR) is 126 cm³/mol. The minimum absolute atomic E-state index is 0.149. The number of fused-ring (bicyclic) bond motifs is 5. The lowest BCUT2D eigenvalue weighted by atomic mass is 9.85. The van der Waals surface area contributed by atoms with Gasteiger partial charge in [-0.25, -0.2) is 0 Å². The van der Waals surface area contributed by atoms with E-state index in [1.807, 2.05) is 37.0 Å². The summed E-state index contributed by atoms with van der Waals surface area (Å²) in [6.45, 7) is 7.88. The molecule has 3 aliphatic rings. The Balaban J connectivity index is 1.69. The van der Waals surface area contributed by atoms with Crippen molar-refractivity contribution in [2.75, 3.05) is 18.6 Å². The summed E-state index contributed by atoms with van der Waals surface area (Å²) >= 11 is 0. The van der Waals surface area contributed by atoms with Crippen LogP contribution in [-0.4, -0.2) is 48.2 Å². The van der Waals surface area contributed by atoms with E-state index in [0.29, 0.717) is 11.3 Å². The van der Waals surface area contributed by atoms with Crippen LogP contribution in [0.25, 0.3) is 5.57 Å². The molecule has 0 bridgehead atoms. The number of methoxy groups -OCH3 is 1. The summed E-state index contributed by atoms with van der Waals surface area (Å²) in [5.74, 6) is -1.52. The zero-order valence-corrected chi connectivity index (χ0v) is 18.9. The van der Waals surface area contributed by atoms with Gasteiger partial charge in [0, 0.05) is 23.4 Å². The van der Waals surface area contributed by atoms with Crippen molar-refractivity contribution in [3.63, 3.8) is 0 Å². The van der Waals surface area contributed by atoms with E-state index in [1.54, 1.807) is 37.5 Å². The predicted octanol–water partition coefficient (Wildman–Crippen LogP) is 3.65. The van der Waals surface area contributed by atoms with Crippen molar-refractivity contribution in [1.82, 2.24) is 4.90 Å². The van der Waals surface area contributed by atoms with Crippen molar-refractivity contribution in [2.24, 2.45) is 11.8 Å². The zero-order chi connectivity index (χ0) is 23.4. The van der Waals surface area contributed by atoms with Crippen LogP contribution < -0.4 is 9.64 Å². The maximum atomic E-state index is 14.0. The number of amides is 2. The van der Waals surface area contributed by atoms with Gasteiger partial charge in [-0.1, -0.05) is 35.9 Å². The molecule has 0 spiro atoms. The Hall–Kier alpha value is -3.67. The maximum Gasteiger partial charge on any atom is 0.236 e. The van der Waals surface area contributed by atoms with Crippen molar-refractivity contribution in [3.05, 3.63) is 77.9 Å². The third kappa shape index (κ3) is 3.04. The summed E-state index contributed by atoms with van der Waals surface area (Å²) in [7, 11) is 1.55. The second-order valence-corrected chi connectivity index (χ2v) is 8.94. The second-order valence-electron chi connectivity index (χ2n) is 8.94. The monoisotopic (exact) mass is 442 g/mol. The lowest BCUT2D eigenvalue weighted by Gasteiger charge is -2.38. The largest absolute Gasteiger partial charge is 0.497 e. The number of imide groups is 1. The van der Waals surface area contributed by atoms with Gasteiger partial charge in [-0.3, -0.25) is 19.3 Å². The van der Waals surface area contributed by atoms with E-state index >= 15 is 0 Å². The summed E-state index contributed by atoms with van der Waals surface area (Å²) in [6.07, 6.45) is 3.59. The molecule has 0 saturated carbocycles. The molecule has 2 fully saturated rings. The normalized spacial score (nSPS) is 25.4. The molecule has 0 N–H and O–H groups in total. The molecule has 6 nitrogen and oxygen atoms in total. The number of carbonyl (C=O) groups is 3. The Labute approximate surface area is 193 Å². The Morgan fingerprint density at radius 3 is 2.58 bits per heavy atom. The van der Waals surface area contributed by atoms with Crippen LogP contribution in [0.4, 0.5) is 5.69 Å². The number of nitrogens with zero attached hydrogens (tertiary/aromatic N) is 2. The van der Waals surface area contributed by atoms with Gasteiger partial charge in [-0.15, -0.1) is 6.58 Å². The molecule has 2 saturated heterocycles. The summed E-state index contributed by atoms with van der Waals surface area (Å²) in [5.41, 5.74) is 4.53. The molecular formula is C27H26N2O4. The first-order valence-electron chi connectivity index (χ1n) is 11.1. The average molecular weight is 443 g/mol. The van der Waals surface area contributed by atoms with Gasteiger partial charge in [-0.05, 0) is 43.7 Å². The van der Waals surface area contributed by atoms with Gasteiger partial charge in [0.05, 0.1) is 25.0 Å². The number of aryl methyl sites for hydroxylation is 1. The maximum absolute atomic E-state index is 14.0. The van der Waals surface area contributed by atoms with Crippen LogP contribution in [0.3, 0.4) is 0 Å². The Bertz CT molecular complexity index is 1230. The van der Waals surface area contributed by atoms with Crippen molar-refractivity contribution < 1.29 is 19.1 Å². The topological polar surface area (TPSA) is 66.9 Å². The molecule has 4 atom stereocenters. The highest BCUT2D eigenvalue weighted by molar-refractivity contribution is 6.14. The third-order valence-electron chi connectivity index (χ3n) is 7.03. The number of hydrogen-bond donors (Lipinski definition) is 0. The molecule has 2 aromatic carbocycles. The number of rotatable bonds is 5. The molecule has 0 aliphatic carbocycles. The van der Waals surface area contributed by atoms with Crippen LogP contribution in [0.2, 0.25) is 0 Å². The van der Waals surface area contributed by atoms with Crippen molar-refractivity contribution >= 4 is 28.9 Å². The molecule has 0 aromatic heterocycles. The van der Waals surface area contributed by atoms with Crippen LogP contribution in [0, 0.1) is 18.8 Å². The highest BCUT2D eigenvalue weighted by Gasteiger charge is 2.64. The third-order valence-corrected chi connectivity index (χ3v) is 7.03. The fourth-order valence-corrected chi connectivity index (χ4v) is 5.57. The fraction of sp³-hybridized carbons (Fsp3) is 0.296. The van der Waals surface area contributed by atoms with Crippen LogP contribution in [-0.2, 0) is 9.59 Å². The lowest BCUT2D eigenvalue weighted by molar-refractivity contribution is -0.139. The molecule has 2 amide bonds. The molecule has 5 rings (SSSR count). The van der Waals surface area contributed by atoms with E-state index < -0.39 is 17.9 Å². The van der Waals surface area contributed by atoms with Crippen LogP contribution >= 0.6 is 0 Å². The molecule has 0 unspecified atom stereocenters. The fourth-order valence-electron chi connectivity index (χ4n) is 5.57. The van der Waals surface area contributed by atoms with E-state index in [4.69, 9.17) is 4.74 Å². The number of ether oxygens (including phenoxy) is 1. The summed E-state index contributed by atoms with van der Waals surface area (Å²) in [6, 6.07) is 11.9. The molecule has 2 aromatic rings. The van der Waals surface area contributed by atoms with Gasteiger partial charge in [0.15, 0.2) is 5.78 Å². The minimum atomic E-state index is -0.788. The molecule has 168 valence electrons. The highest BCUT2D eigenvalue weighted by Crippen LogP contribution is 2.50. The van der Waals surface area contributed by atoms with E-state index in [0.717, 1.165) is 22.4 Å². The van der Waals surface area contributed by atoms with Crippen molar-refractivity contribution in [2.45, 2.75) is 25.9 Å². The summed E-state index contributed by atoms with van der Waals surface area (Å²) < 4.78 is 5.32. The van der Waals surface area contributed by atoms with E-state index in [9.17, 15) is 14.4 Å². The van der Waals surface area contributed by atoms with Crippen LogP contribution in [0.5, 0.6) is 5.75 Å². The first-order valence-corrected chi connectivity index (χ1v) is 11.1. The average Bonchev–Trinajstić information content (AvgIpc) is 3.27. The van der Waals surface area contributed by atoms with Gasteiger partial charge < -0.3 is 9.64 Å². The number of Topliss-reactive ketones (excluding diaryl/α,β-unsaturated/α-hetero) is 1. The molecule has 33 heavy (non-hydrogen) atoms. The van der Waals surface area contributed by atoms with E-state index in [2.05, 4.69) is 12.6 Å². The first-order chi connectivity index (χ1) is 15.9. The number of hydrogen-bond acceptors (Lipinski definition) is 5. The lowest BCUT2D eigenvalue weighted by Crippen LogP contribution is -2.49. The van der Waals surface area contributed by atoms with Gasteiger partial charge in [0.2, 0.25) is 11.8 Å². The Morgan fingerprint density at radius 2 is 1.85 bits per heavy atom. The number of benzene rings is 2. The molecule has 3 heterocycles. The molecular weight excluding hydrogens is 416 g/mol. The van der Waals surface area contributed by atoms with Crippen LogP contribution in [0.15, 0.2) is 61.2 Å². The SMILES string of the molecule is C=CCN1C(=O)[C@H]2[C@H](C1=O)[C@@H](C(=O)c1cccc(OC)c1)N1c3ccc(C)cc3C(C)=C[C@H]21. The molecule has 6 heteroatoms. The Kier molecular flexibility index (Phi) is 4.96. The number of likely N-dealkylation sites (tertiary alicyclic amines) is 1. The zero-order valence-electron chi connectivity index (χ0n) is 18.9. The van der Waals surface area contributed by atoms with Gasteiger partial charge in [-0.2, -0.15) is 0 Å². The quantitative estimate of drug-likeness (QED) is 0.402. The van der Waals surface area contributed by atoms with Crippen molar-refractivity contribution in [1.29, 1.82) is 0 Å². The summed E-state index contributed by atoms with van der Waals surface area (Å²) in [4.78, 5) is 44.1. The minimum Gasteiger partial charge on any atom is -0.497 e. The number of anilines is 1. The molecule has 3 aliphatic heterocycles.